The molecule has 0 amide bonds. The van der Waals surface area contributed by atoms with E-state index >= 15 is 0 Å². The van der Waals surface area contributed by atoms with E-state index in [0.29, 0.717) is 0 Å². The van der Waals surface area contributed by atoms with Gasteiger partial charge in [0.05, 0.1) is 0 Å². The van der Waals surface area contributed by atoms with Crippen LogP contribution in [0.4, 0.5) is 0 Å². The van der Waals surface area contributed by atoms with Gasteiger partial charge in [0.25, 0.3) is 0 Å². The smallest absolute Gasteiger partial charge is 0.187 e. The first-order chi connectivity index (χ1) is 0. The van der Waals surface area contributed by atoms with E-state index in [1.54, 1.807) is 0 Å². The minimum atomic E-state index is 0. The Bertz CT molecular complexity index is 38.1. The van der Waals surface area contributed by atoms with Crippen LogP contribution in [0.15, 0.2) is 0 Å². The topological polar surface area (TPSA) is 0 Å². The summed E-state index contributed by atoms with van der Waals surface area (Å²) in [6.45, 7) is 0. The van der Waals surface area contributed by atoms with Gasteiger partial charge >= 0.3 is 0 Å². The summed E-state index contributed by atoms with van der Waals surface area (Å²) < 4.78 is 0. The molecule has 0 atom stereocenters. The molecule has 0 heterocycles. The van der Waals surface area contributed by atoms with Crippen molar-refractivity contribution >= 4 is 28.3 Å². The molecule has 0 saturated carbocycles. The minimum Gasteiger partial charge on any atom is -0.358 e. The van der Waals surface area contributed by atoms with E-state index in [2.05, 4.69) is 0 Å². The van der Waals surface area contributed by atoms with Crippen molar-refractivity contribution < 1.29 is 149 Å². The van der Waals surface area contributed by atoms with Crippen molar-refractivity contribution in [2.75, 3.05) is 0 Å². The normalized spacial score (nSPS) is 0. The number of hydrogen-bond donors (Lipinski definition) is 0. The van der Waals surface area contributed by atoms with Crippen molar-refractivity contribution in [1.82, 2.24) is 0 Å². The average Bonchev–Trinajstić information content (AvgIpc) is 0. The van der Waals surface area contributed by atoms with Gasteiger partial charge in [0.15, 0.2) is 17.4 Å². The molecule has 0 aliphatic rings. The first-order valence-electron chi connectivity index (χ1n) is 0. The summed E-state index contributed by atoms with van der Waals surface area (Å²) in [5, 5.41) is 0. The second kappa shape index (κ2) is 109. The maximum atomic E-state index is 0. The van der Waals surface area contributed by atoms with Crippen LogP contribution in [0.3, 0.4) is 0 Å². The van der Waals surface area contributed by atoms with Gasteiger partial charge < -0.3 is 7.43 Å². The molecular weight excluding hydrogens is 675 g/mol. The summed E-state index contributed by atoms with van der Waals surface area (Å²) in [7, 11) is 0. The molecule has 0 aromatic carbocycles. The van der Waals surface area contributed by atoms with Gasteiger partial charge in [0.1, 0.15) is 0 Å². The Balaban J connectivity index is 0. The molecule has 0 N–H and O–H groups in total. The summed E-state index contributed by atoms with van der Waals surface area (Å²) in [5.74, 6) is 0. The maximum Gasteiger partial charge on any atom is 0.187 e. The predicted octanol–water partition coefficient (Wildman–Crippen LogP) is -1.94. The molecule has 0 bridgehead atoms. The van der Waals surface area contributed by atoms with Gasteiger partial charge in [-0.05, 0) is 11.0 Å². The van der Waals surface area contributed by atoms with Gasteiger partial charge in [0, 0.05) is 149 Å². The van der Waals surface area contributed by atoms with Crippen LogP contribution in [0.5, 0.6) is 0 Å². The van der Waals surface area contributed by atoms with E-state index in [-0.39, 0.29) is 184 Å². The van der Waals surface area contributed by atoms with Crippen LogP contribution in [0.1, 0.15) is 0 Å². The Morgan fingerprint density at radius 3 is 1.00 bits per heavy atom. The van der Waals surface area contributed by atoms with Crippen LogP contribution in [-0.2, 0) is 149 Å². The average molecular weight is 684 g/mol. The van der Waals surface area contributed by atoms with E-state index in [9.17, 15) is 0 Å². The summed E-state index contributed by atoms with van der Waals surface area (Å²) in [6.07, 6.45) is 0. The van der Waals surface area contributed by atoms with Gasteiger partial charge in [-0.1, -0.05) is 0 Å². The summed E-state index contributed by atoms with van der Waals surface area (Å²) >= 11 is 0. The molecule has 0 aliphatic carbocycles. The third-order valence-corrected chi connectivity index (χ3v) is 0. The number of hydrogen-bond acceptors (Lipinski definition) is 0. The van der Waals surface area contributed by atoms with Gasteiger partial charge in [-0.15, -0.1) is 0 Å². The zero-order valence-electron chi connectivity index (χ0n) is 5.11. The van der Waals surface area contributed by atoms with Gasteiger partial charge in [-0.25, -0.2) is 0 Å². The second-order valence-electron chi connectivity index (χ2n) is 0. The minimum absolute atomic E-state index is 0. The second-order valence-corrected chi connectivity index (χ2v) is 0. The predicted molar refractivity (Wildman–Crippen MR) is 26.3 cm³/mol. The third kappa shape index (κ3) is 94.7. The van der Waals surface area contributed by atoms with Crippen LogP contribution in [0, 0.1) is 7.43 Å². The Morgan fingerprint density at radius 2 is 1.00 bits per heavy atom. The molecule has 0 aromatic rings. The Hall–Kier alpha value is 5.41. The van der Waals surface area contributed by atoms with Crippen molar-refractivity contribution in [3.63, 3.8) is 0 Å². The fraction of sp³-hybridized carbons (Fsp3) is 0. The molecule has 3 radical (unpaired) electrons. The van der Waals surface area contributed by atoms with E-state index in [0.717, 1.165) is 0 Å². The molecule has 0 nitrogen and oxygen atoms in total. The third-order valence-electron chi connectivity index (χ3n) is 0. The monoisotopic (exact) mass is 686 g/mol. The Morgan fingerprint density at radius 1 is 1.00 bits per heavy atom. The first kappa shape index (κ1) is 133. The summed E-state index contributed by atoms with van der Waals surface area (Å²) in [4.78, 5) is 0. The Kier molecular flexibility index (Phi) is 1320. The van der Waals surface area contributed by atoms with Crippen molar-refractivity contribution in [2.24, 2.45) is 0 Å². The van der Waals surface area contributed by atoms with Gasteiger partial charge in [-0.3, -0.25) is 0 Å². The van der Waals surface area contributed by atoms with Crippen molar-refractivity contribution in [2.45, 2.75) is 0 Å². The van der Waals surface area contributed by atoms with Crippen LogP contribution in [-0.4, -0.2) is 28.3 Å². The molecule has 10 heteroatoms. The Labute approximate surface area is 181 Å². The molecular formula is CH9AlCoCrFeMnMoNiSiTiW-. The molecule has 0 spiro atoms. The standard InChI is InChI=1S/CH3.Al.Co.Cr.Fe.Mn.Mo.Ni.H3Si.Ti.W.3H/h1H3;;;;;;;;1H3;;;;;/q-1;;;;;;;;;;;;;. The summed E-state index contributed by atoms with van der Waals surface area (Å²) in [5.41, 5.74) is 0. The maximum absolute atomic E-state index is 0. The van der Waals surface area contributed by atoms with Crippen LogP contribution < -0.4 is 0 Å². The van der Waals surface area contributed by atoms with Crippen LogP contribution in [0.25, 0.3) is 0 Å². The largest absolute Gasteiger partial charge is 0.358 e. The van der Waals surface area contributed by atoms with E-state index in [1.165, 1.54) is 0 Å². The molecule has 11 heavy (non-hydrogen) atoms. The van der Waals surface area contributed by atoms with Crippen molar-refractivity contribution in [1.29, 1.82) is 0 Å². The molecule has 0 saturated heterocycles. The SMILES string of the molecule is [AlH3].[CH3-].[Co].[Cr].[Fe].[Mn].[Mo].[Ni].[SiH3].[Ti].[W]. The zero-order chi connectivity index (χ0) is 0. The fourth-order valence-electron chi connectivity index (χ4n) is 0. The quantitative estimate of drug-likeness (QED) is 0.206. The van der Waals surface area contributed by atoms with Gasteiger partial charge in [0.2, 0.25) is 0 Å². The molecule has 0 rings (SSSR count). The van der Waals surface area contributed by atoms with Crippen molar-refractivity contribution in [3.8, 4) is 0 Å². The summed E-state index contributed by atoms with van der Waals surface area (Å²) in [6, 6.07) is 0. The molecule has 77 valence electrons. The zero-order valence-corrected chi connectivity index (χ0v) is 19.2. The van der Waals surface area contributed by atoms with Crippen molar-refractivity contribution in [3.05, 3.63) is 7.43 Å². The van der Waals surface area contributed by atoms with Crippen LogP contribution in [0.2, 0.25) is 0 Å². The van der Waals surface area contributed by atoms with Gasteiger partial charge in [-0.2, -0.15) is 0 Å². The molecule has 0 aliphatic heterocycles. The van der Waals surface area contributed by atoms with E-state index in [1.807, 2.05) is 0 Å². The number of rotatable bonds is 0. The molecule has 0 unspecified atom stereocenters. The fourth-order valence-corrected chi connectivity index (χ4v) is 0. The van der Waals surface area contributed by atoms with Crippen LogP contribution >= 0.6 is 0 Å². The van der Waals surface area contributed by atoms with E-state index in [4.69, 9.17) is 0 Å². The van der Waals surface area contributed by atoms with E-state index < -0.39 is 0 Å². The molecule has 0 fully saturated rings. The first-order valence-corrected chi connectivity index (χ1v) is 0. The molecule has 0 aromatic heterocycles.